The van der Waals surface area contributed by atoms with E-state index in [2.05, 4.69) is 47.6 Å². The summed E-state index contributed by atoms with van der Waals surface area (Å²) in [5.74, 6) is 0.467. The van der Waals surface area contributed by atoms with Crippen LogP contribution in [0.3, 0.4) is 0 Å². The SMILES string of the molecule is CCCCN(CCN1CCOCC1)C(=O)c1cc(-c2cc3c(cc2C(=O)N2Cc4ccccc4C[C@H]2C)CN(C(=O)Oc2ccccc2)CC3)n(C)c1C. The van der Waals surface area contributed by atoms with Gasteiger partial charge < -0.3 is 28.7 Å². The Labute approximate surface area is 319 Å². The van der Waals surface area contributed by atoms with Crippen molar-refractivity contribution in [1.82, 2.24) is 24.2 Å². The fraction of sp³-hybridized carbons (Fsp3) is 0.432. The molecule has 0 radical (unpaired) electrons. The summed E-state index contributed by atoms with van der Waals surface area (Å²) in [6.45, 7) is 13.0. The Morgan fingerprint density at radius 3 is 2.35 bits per heavy atom. The minimum atomic E-state index is -0.410. The van der Waals surface area contributed by atoms with Crippen molar-refractivity contribution in [2.24, 2.45) is 7.05 Å². The van der Waals surface area contributed by atoms with E-state index in [-0.39, 0.29) is 17.9 Å². The molecule has 0 bridgehead atoms. The molecule has 0 spiro atoms. The maximum Gasteiger partial charge on any atom is 0.415 e. The molecule has 1 fully saturated rings. The zero-order valence-electron chi connectivity index (χ0n) is 32.2. The van der Waals surface area contributed by atoms with Gasteiger partial charge in [-0.25, -0.2) is 4.79 Å². The minimum absolute atomic E-state index is 0.000455. The van der Waals surface area contributed by atoms with Crippen LogP contribution >= 0.6 is 0 Å². The minimum Gasteiger partial charge on any atom is -0.410 e. The van der Waals surface area contributed by atoms with Gasteiger partial charge in [-0.05, 0) is 85.7 Å². The lowest BCUT2D eigenvalue weighted by atomic mass is 9.90. The van der Waals surface area contributed by atoms with Gasteiger partial charge in [0.05, 0.1) is 18.8 Å². The van der Waals surface area contributed by atoms with Crippen molar-refractivity contribution in [2.75, 3.05) is 52.5 Å². The molecule has 3 amide bonds. The van der Waals surface area contributed by atoms with E-state index >= 15 is 0 Å². The molecule has 3 aromatic carbocycles. The molecule has 10 heteroatoms. The highest BCUT2D eigenvalue weighted by Gasteiger charge is 2.33. The number of fused-ring (bicyclic) bond motifs is 2. The van der Waals surface area contributed by atoms with Gasteiger partial charge in [0.25, 0.3) is 11.8 Å². The molecule has 54 heavy (non-hydrogen) atoms. The fourth-order valence-electron chi connectivity index (χ4n) is 8.01. The van der Waals surface area contributed by atoms with Crippen LogP contribution in [-0.2, 0) is 37.7 Å². The molecule has 1 saturated heterocycles. The van der Waals surface area contributed by atoms with E-state index in [1.165, 1.54) is 5.56 Å². The molecular formula is C44H53N5O5. The van der Waals surface area contributed by atoms with E-state index in [4.69, 9.17) is 9.47 Å². The van der Waals surface area contributed by atoms with Crippen LogP contribution in [0.2, 0.25) is 0 Å². The summed E-state index contributed by atoms with van der Waals surface area (Å²) in [6.07, 6.45) is 2.93. The second-order valence-electron chi connectivity index (χ2n) is 15.0. The predicted octanol–water partition coefficient (Wildman–Crippen LogP) is 6.72. The summed E-state index contributed by atoms with van der Waals surface area (Å²) < 4.78 is 13.3. The van der Waals surface area contributed by atoms with E-state index < -0.39 is 6.09 Å². The smallest absolute Gasteiger partial charge is 0.410 e. The standard InChI is InChI=1S/C44H53N5O5/c1-5-6-17-47(20-19-46-21-23-53-24-22-46)42(50)38-28-41(45(4)32(38)3)39-26-34-16-18-48(44(52)54-37-14-8-7-9-15-37)29-36(34)27-40(39)43(51)49-30-35-13-11-10-12-33(35)25-31(49)2/h7-15,26-28,31H,5-6,16-25,29-30H2,1-4H3/t31-/m1/s1. The van der Waals surface area contributed by atoms with Crippen molar-refractivity contribution in [3.8, 4) is 17.0 Å². The summed E-state index contributed by atoms with van der Waals surface area (Å²) in [4.78, 5) is 50.6. The summed E-state index contributed by atoms with van der Waals surface area (Å²) in [7, 11) is 1.99. The van der Waals surface area contributed by atoms with Crippen LogP contribution in [0.1, 0.15) is 75.4 Å². The second-order valence-corrected chi connectivity index (χ2v) is 15.0. The van der Waals surface area contributed by atoms with Crippen molar-refractivity contribution in [1.29, 1.82) is 0 Å². The molecule has 1 aromatic heterocycles. The predicted molar refractivity (Wildman–Crippen MR) is 210 cm³/mol. The number of benzene rings is 3. The molecule has 0 N–H and O–H groups in total. The average molecular weight is 732 g/mol. The molecule has 3 aliphatic rings. The Bertz CT molecular complexity index is 1980. The first kappa shape index (κ1) is 37.4. The molecule has 3 aliphatic heterocycles. The van der Waals surface area contributed by atoms with Gasteiger partial charge in [-0.3, -0.25) is 14.5 Å². The van der Waals surface area contributed by atoms with Crippen LogP contribution in [0.15, 0.2) is 72.8 Å². The summed E-state index contributed by atoms with van der Waals surface area (Å²) >= 11 is 0. The van der Waals surface area contributed by atoms with Gasteiger partial charge in [-0.1, -0.05) is 55.8 Å². The first-order valence-corrected chi connectivity index (χ1v) is 19.5. The van der Waals surface area contributed by atoms with Gasteiger partial charge in [-0.2, -0.15) is 0 Å². The highest BCUT2D eigenvalue weighted by Crippen LogP contribution is 2.35. The van der Waals surface area contributed by atoms with Crippen molar-refractivity contribution in [3.05, 3.63) is 112 Å². The third-order valence-electron chi connectivity index (χ3n) is 11.5. The number of hydrogen-bond donors (Lipinski definition) is 0. The maximum atomic E-state index is 14.9. The third-order valence-corrected chi connectivity index (χ3v) is 11.5. The summed E-state index contributed by atoms with van der Waals surface area (Å²) in [6, 6.07) is 23.5. The number of carbonyl (C=O) groups excluding carboxylic acids is 3. The lowest BCUT2D eigenvalue weighted by molar-refractivity contribution is 0.0324. The number of hydrogen-bond acceptors (Lipinski definition) is 6. The van der Waals surface area contributed by atoms with Crippen molar-refractivity contribution in [2.45, 2.75) is 65.6 Å². The summed E-state index contributed by atoms with van der Waals surface area (Å²) in [5.41, 5.74) is 8.20. The second kappa shape index (κ2) is 16.6. The highest BCUT2D eigenvalue weighted by atomic mass is 16.6. The monoisotopic (exact) mass is 731 g/mol. The van der Waals surface area contributed by atoms with Gasteiger partial charge in [0.1, 0.15) is 5.75 Å². The molecule has 0 aliphatic carbocycles. The Morgan fingerprint density at radius 2 is 1.59 bits per heavy atom. The maximum absolute atomic E-state index is 14.9. The van der Waals surface area contributed by atoms with Crippen LogP contribution in [0.5, 0.6) is 5.75 Å². The first-order chi connectivity index (χ1) is 26.2. The zero-order valence-corrected chi connectivity index (χ0v) is 32.2. The molecule has 4 aromatic rings. The normalized spacial score (nSPS) is 17.1. The Kier molecular flexibility index (Phi) is 11.5. The molecule has 10 nitrogen and oxygen atoms in total. The largest absolute Gasteiger partial charge is 0.415 e. The fourth-order valence-corrected chi connectivity index (χ4v) is 8.01. The number of unbranched alkanes of at least 4 members (excludes halogenated alkanes) is 1. The van der Waals surface area contributed by atoms with E-state index in [0.717, 1.165) is 85.8 Å². The Hall–Kier alpha value is -4.93. The molecule has 284 valence electrons. The van der Waals surface area contributed by atoms with E-state index in [9.17, 15) is 14.4 Å². The van der Waals surface area contributed by atoms with Crippen LogP contribution in [0.25, 0.3) is 11.3 Å². The lowest BCUT2D eigenvalue weighted by Gasteiger charge is -2.36. The van der Waals surface area contributed by atoms with Crippen LogP contribution in [-0.4, -0.2) is 101 Å². The van der Waals surface area contributed by atoms with E-state index in [0.29, 0.717) is 56.0 Å². The number of ether oxygens (including phenoxy) is 2. The molecule has 4 heterocycles. The van der Waals surface area contributed by atoms with Gasteiger partial charge in [0.15, 0.2) is 0 Å². The number of rotatable bonds is 10. The number of aromatic nitrogens is 1. The summed E-state index contributed by atoms with van der Waals surface area (Å²) in [5, 5.41) is 0. The first-order valence-electron chi connectivity index (χ1n) is 19.5. The number of morpholine rings is 1. The number of amides is 3. The Balaban J connectivity index is 1.23. The van der Waals surface area contributed by atoms with Crippen molar-refractivity contribution < 1.29 is 23.9 Å². The molecule has 0 unspecified atom stereocenters. The number of para-hydroxylation sites is 1. The van der Waals surface area contributed by atoms with Crippen LogP contribution in [0.4, 0.5) is 4.79 Å². The lowest BCUT2D eigenvalue weighted by Crippen LogP contribution is -2.43. The zero-order chi connectivity index (χ0) is 37.8. The van der Waals surface area contributed by atoms with E-state index in [1.54, 1.807) is 17.0 Å². The quantitative estimate of drug-likeness (QED) is 0.180. The molecule has 1 atom stereocenters. The Morgan fingerprint density at radius 1 is 0.852 bits per heavy atom. The van der Waals surface area contributed by atoms with Gasteiger partial charge in [-0.15, -0.1) is 0 Å². The number of carbonyl (C=O) groups is 3. The number of nitrogens with zero attached hydrogens (tertiary/aromatic N) is 5. The molecule has 0 saturated carbocycles. The molecular weight excluding hydrogens is 679 g/mol. The van der Waals surface area contributed by atoms with Crippen LogP contribution < -0.4 is 4.74 Å². The van der Waals surface area contributed by atoms with Gasteiger partial charge in [0, 0.05) is 88.0 Å². The highest BCUT2D eigenvalue weighted by molar-refractivity contribution is 6.03. The third kappa shape index (κ3) is 7.95. The van der Waals surface area contributed by atoms with Crippen molar-refractivity contribution >= 4 is 17.9 Å². The van der Waals surface area contributed by atoms with Gasteiger partial charge >= 0.3 is 6.09 Å². The average Bonchev–Trinajstić information content (AvgIpc) is 3.49. The van der Waals surface area contributed by atoms with Gasteiger partial charge in [0.2, 0.25) is 0 Å². The van der Waals surface area contributed by atoms with E-state index in [1.807, 2.05) is 60.2 Å². The molecule has 7 rings (SSSR count). The topological polar surface area (TPSA) is 87.6 Å². The van der Waals surface area contributed by atoms with Crippen molar-refractivity contribution in [3.63, 3.8) is 0 Å². The van der Waals surface area contributed by atoms with Crippen LogP contribution in [0, 0.1) is 6.92 Å².